The molecule has 0 bridgehead atoms. The van der Waals surface area contributed by atoms with Crippen molar-refractivity contribution in [3.8, 4) is 16.8 Å². The molecule has 12 rings (SSSR count). The fourth-order valence-corrected chi connectivity index (χ4v) is 11.9. The van der Waals surface area contributed by atoms with E-state index in [9.17, 15) is 0 Å². The van der Waals surface area contributed by atoms with Crippen molar-refractivity contribution in [3.63, 3.8) is 0 Å². The predicted octanol–water partition coefficient (Wildman–Crippen LogP) is 17.8. The first kappa shape index (κ1) is 48.7. The van der Waals surface area contributed by atoms with Crippen LogP contribution in [0.15, 0.2) is 168 Å². The van der Waals surface area contributed by atoms with Crippen LogP contribution in [0.1, 0.15) is 132 Å². The number of rotatable bonds is 5. The molecule has 0 spiro atoms. The number of para-hydroxylation sites is 1. The number of hydrogen-bond acceptors (Lipinski definition) is 3. The Labute approximate surface area is 446 Å². The van der Waals surface area contributed by atoms with E-state index in [2.05, 4.69) is 282 Å². The molecule has 8 aromatic carbocycles. The van der Waals surface area contributed by atoms with E-state index in [1.165, 1.54) is 88.7 Å². The predicted molar refractivity (Wildman–Crippen MR) is 324 cm³/mol. The highest BCUT2D eigenvalue weighted by Gasteiger charge is 2.45. The molecule has 0 radical (unpaired) electrons. The topological polar surface area (TPSA) is 24.6 Å². The molecule has 4 nitrogen and oxygen atoms in total. The van der Waals surface area contributed by atoms with Crippen LogP contribution >= 0.6 is 0 Å². The number of aromatic nitrogens is 1. The van der Waals surface area contributed by atoms with Gasteiger partial charge in [0.2, 0.25) is 5.71 Å². The van der Waals surface area contributed by atoms with E-state index in [1.807, 2.05) is 0 Å². The fraction of sp³-hybridized carbons (Fsp3) is 0.286. The second-order valence-corrected chi connectivity index (χ2v) is 26.8. The van der Waals surface area contributed by atoms with Gasteiger partial charge in [-0.2, -0.15) is 0 Å². The highest BCUT2D eigenvalue weighted by molar-refractivity contribution is 7.00. The van der Waals surface area contributed by atoms with Crippen molar-refractivity contribution in [3.05, 3.63) is 192 Å². The molecule has 2 aliphatic heterocycles. The van der Waals surface area contributed by atoms with Crippen molar-refractivity contribution in [1.82, 2.24) is 4.57 Å². The molecule has 0 unspecified atom stereocenters. The van der Waals surface area contributed by atoms with Crippen LogP contribution in [0.2, 0.25) is 0 Å². The van der Waals surface area contributed by atoms with Crippen molar-refractivity contribution < 1.29 is 4.42 Å². The zero-order valence-electron chi connectivity index (χ0n) is 46.9. The van der Waals surface area contributed by atoms with Crippen molar-refractivity contribution in [1.29, 1.82) is 0 Å². The van der Waals surface area contributed by atoms with Crippen molar-refractivity contribution >= 4 is 90.2 Å². The second-order valence-electron chi connectivity index (χ2n) is 26.8. The molecule has 0 fully saturated rings. The molecule has 0 aliphatic carbocycles. The van der Waals surface area contributed by atoms with E-state index in [-0.39, 0.29) is 33.8 Å². The Balaban J connectivity index is 1.23. The van der Waals surface area contributed by atoms with E-state index in [0.717, 1.165) is 39.4 Å². The molecule has 0 amide bonds. The van der Waals surface area contributed by atoms with Gasteiger partial charge in [0.05, 0.1) is 16.6 Å². The summed E-state index contributed by atoms with van der Waals surface area (Å²) < 4.78 is 9.61. The maximum absolute atomic E-state index is 7.11. The third-order valence-electron chi connectivity index (χ3n) is 16.4. The van der Waals surface area contributed by atoms with Crippen LogP contribution in [0.5, 0.6) is 0 Å². The molecule has 10 aromatic rings. The minimum atomic E-state index is -0.183. The Morgan fingerprint density at radius 1 is 0.400 bits per heavy atom. The van der Waals surface area contributed by atoms with Gasteiger partial charge in [-0.25, -0.2) is 0 Å². The standard InChI is InChI=1S/C70H72BN3O/c1-66(2,3)44-25-30-49(31-26-44)72(50-32-27-45(28-33-50)67(4,5)6)51-34-35-55-58(42-51)73(57-36-29-46(68(7,8)9)37-53(57)43-21-17-16-18-22-43)59-40-48(70(13,14)15)41-60-63(59)71(55)56-39-47(69(10,11)12)38-54-62-52-23-19-20-24-61(52)75-65(62)74(60)64(54)56/h16-42H,1-15H3. The summed E-state index contributed by atoms with van der Waals surface area (Å²) in [5, 5.41) is 3.59. The molecule has 376 valence electrons. The van der Waals surface area contributed by atoms with Crippen LogP contribution in [-0.2, 0) is 27.1 Å². The van der Waals surface area contributed by atoms with Gasteiger partial charge in [-0.3, -0.25) is 4.57 Å². The van der Waals surface area contributed by atoms with E-state index < -0.39 is 0 Å². The van der Waals surface area contributed by atoms with Gasteiger partial charge in [-0.15, -0.1) is 0 Å². The highest BCUT2D eigenvalue weighted by Crippen LogP contribution is 2.50. The van der Waals surface area contributed by atoms with Gasteiger partial charge >= 0.3 is 0 Å². The normalized spacial score (nSPS) is 13.7. The fourth-order valence-electron chi connectivity index (χ4n) is 11.9. The zero-order valence-corrected chi connectivity index (χ0v) is 46.9. The molecule has 0 atom stereocenters. The van der Waals surface area contributed by atoms with Crippen LogP contribution in [0.4, 0.5) is 34.1 Å². The lowest BCUT2D eigenvalue weighted by Crippen LogP contribution is -2.60. The first-order valence-corrected chi connectivity index (χ1v) is 27.2. The largest absolute Gasteiger partial charge is 0.439 e. The Morgan fingerprint density at radius 2 is 0.933 bits per heavy atom. The summed E-state index contributed by atoms with van der Waals surface area (Å²) in [6, 6.07) is 62.8. The molecule has 5 heteroatoms. The van der Waals surface area contributed by atoms with Crippen molar-refractivity contribution in [2.75, 3.05) is 9.80 Å². The molecule has 0 saturated carbocycles. The highest BCUT2D eigenvalue weighted by atomic mass is 16.3. The van der Waals surface area contributed by atoms with Crippen LogP contribution in [0.25, 0.3) is 49.8 Å². The summed E-state index contributed by atoms with van der Waals surface area (Å²) in [6.07, 6.45) is 0. The van der Waals surface area contributed by atoms with Gasteiger partial charge in [-0.05, 0) is 150 Å². The summed E-state index contributed by atoms with van der Waals surface area (Å²) >= 11 is 0. The summed E-state index contributed by atoms with van der Waals surface area (Å²) in [4.78, 5) is 5.10. The molecular weight excluding hydrogens is 910 g/mol. The first-order chi connectivity index (χ1) is 35.4. The zero-order chi connectivity index (χ0) is 52.9. The monoisotopic (exact) mass is 982 g/mol. The molecule has 2 aliphatic rings. The van der Waals surface area contributed by atoms with E-state index in [4.69, 9.17) is 4.42 Å². The average molecular weight is 982 g/mol. The van der Waals surface area contributed by atoms with Gasteiger partial charge in [0.1, 0.15) is 5.58 Å². The smallest absolute Gasteiger partial charge is 0.252 e. The maximum Gasteiger partial charge on any atom is 0.252 e. The van der Waals surface area contributed by atoms with Crippen LogP contribution in [-0.4, -0.2) is 11.3 Å². The summed E-state index contributed by atoms with van der Waals surface area (Å²) in [5.74, 6) is 0. The molecule has 0 N–H and O–H groups in total. The van der Waals surface area contributed by atoms with E-state index >= 15 is 0 Å². The maximum atomic E-state index is 7.11. The number of furan rings is 1. The number of anilines is 6. The molecule has 4 heterocycles. The molecule has 0 saturated heterocycles. The third-order valence-corrected chi connectivity index (χ3v) is 16.4. The number of fused-ring (bicyclic) bond motifs is 9. The van der Waals surface area contributed by atoms with Crippen LogP contribution in [0.3, 0.4) is 0 Å². The first-order valence-electron chi connectivity index (χ1n) is 27.2. The second kappa shape index (κ2) is 16.6. The summed E-state index contributed by atoms with van der Waals surface area (Å²) in [7, 11) is 0. The minimum absolute atomic E-state index is 0.0203. The van der Waals surface area contributed by atoms with Crippen molar-refractivity contribution in [2.24, 2.45) is 0 Å². The number of benzene rings is 8. The average Bonchev–Trinajstić information content (AvgIpc) is 3.89. The Kier molecular flexibility index (Phi) is 10.8. The Hall–Kier alpha value is -7.24. The third kappa shape index (κ3) is 7.94. The van der Waals surface area contributed by atoms with E-state index in [0.29, 0.717) is 0 Å². The van der Waals surface area contributed by atoms with Crippen LogP contribution < -0.4 is 26.2 Å². The number of hydrogen-bond donors (Lipinski definition) is 0. The summed E-state index contributed by atoms with van der Waals surface area (Å²) in [6.45, 7) is 34.8. The lowest BCUT2D eigenvalue weighted by molar-refractivity contribution is 0.589. The number of nitrogens with zero attached hydrogens (tertiary/aromatic N) is 3. The molecule has 75 heavy (non-hydrogen) atoms. The van der Waals surface area contributed by atoms with Gasteiger partial charge in [0, 0.05) is 50.5 Å². The molecular formula is C70H72BN3O. The lowest BCUT2D eigenvalue weighted by Gasteiger charge is -2.43. The van der Waals surface area contributed by atoms with Gasteiger partial charge in [-0.1, -0.05) is 195 Å². The SMILES string of the molecule is CC(C)(C)c1ccc(N(c2ccc(C(C)(C)C)cc2)c2ccc3c(c2)N(c2ccc(C(C)(C)C)cc2-c2ccccc2)c2cc(C(C)(C)C)cc4c2B3c2cc(C(C)(C)C)cc3c5c6ccccc6oc5n-4c23)cc1. The molecule has 2 aromatic heterocycles. The quantitative estimate of drug-likeness (QED) is 0.161. The van der Waals surface area contributed by atoms with Gasteiger partial charge in [0.25, 0.3) is 6.71 Å². The van der Waals surface area contributed by atoms with Gasteiger partial charge < -0.3 is 14.2 Å². The Morgan fingerprint density at radius 3 is 1.53 bits per heavy atom. The van der Waals surface area contributed by atoms with Crippen molar-refractivity contribution in [2.45, 2.75) is 131 Å². The van der Waals surface area contributed by atoms with Gasteiger partial charge in [0.15, 0.2) is 0 Å². The van der Waals surface area contributed by atoms with Crippen LogP contribution in [0, 0.1) is 0 Å². The van der Waals surface area contributed by atoms with E-state index in [1.54, 1.807) is 0 Å². The summed E-state index contributed by atoms with van der Waals surface area (Å²) in [5.41, 5.74) is 23.6. The Bertz CT molecular complexity index is 3840. The lowest BCUT2D eigenvalue weighted by atomic mass is 9.33. The minimum Gasteiger partial charge on any atom is -0.439 e.